The van der Waals surface area contributed by atoms with Crippen molar-refractivity contribution in [1.82, 2.24) is 0 Å². The van der Waals surface area contributed by atoms with E-state index in [0.717, 1.165) is 49.6 Å². The van der Waals surface area contributed by atoms with Crippen LogP contribution in [0.3, 0.4) is 0 Å². The molecule has 6 heteroatoms. The van der Waals surface area contributed by atoms with Crippen molar-refractivity contribution in [2.45, 2.75) is 6.42 Å². The minimum absolute atomic E-state index is 0.0730. The Labute approximate surface area is 291 Å². The number of anilines is 3. The van der Waals surface area contributed by atoms with Gasteiger partial charge in [-0.2, -0.15) is 0 Å². The van der Waals surface area contributed by atoms with Crippen LogP contribution in [0.25, 0.3) is 33.7 Å². The number of para-hydroxylation sites is 1. The molecule has 51 heavy (non-hydrogen) atoms. The molecule has 0 spiro atoms. The summed E-state index contributed by atoms with van der Waals surface area (Å²) in [6.07, 6.45) is 3.73. The molecule has 0 N–H and O–H groups in total. The van der Waals surface area contributed by atoms with E-state index in [0.29, 0.717) is 40.3 Å². The van der Waals surface area contributed by atoms with Gasteiger partial charge in [0, 0.05) is 39.9 Å². The molecule has 6 aromatic carbocycles. The molecule has 0 fully saturated rings. The Hall–Kier alpha value is -6.92. The number of nitrogens with zero attached hydrogens (tertiary/aromatic N) is 1. The van der Waals surface area contributed by atoms with E-state index in [4.69, 9.17) is 4.42 Å². The standard InChI is InChI=1S/C45H25NO5/c47-41-34-20-26-8-4-5-9-27(26)21-35(34)42(48)38(41)17-25-14-15-40-30(16-25)18-31-19-33(51-45(31)46(40)32-12-2-1-3-13-32)24-39-43(49)36-22-28-10-6-7-11-29(28)23-37(36)44(39)50/h1-17,19-24H,18H2. The Kier molecular flexibility index (Phi) is 6.14. The van der Waals surface area contributed by atoms with Gasteiger partial charge in [-0.05, 0) is 99.4 Å². The fourth-order valence-electron chi connectivity index (χ4n) is 7.62. The number of carbonyl (C=O) groups is 4. The van der Waals surface area contributed by atoms with Crippen LogP contribution in [0.5, 0.6) is 0 Å². The molecule has 2 aliphatic carbocycles. The number of Topliss-reactive ketones (excluding diaryl/α,β-unsaturated/α-hetero) is 4. The summed E-state index contributed by atoms with van der Waals surface area (Å²) in [7, 11) is 0. The average molecular weight is 660 g/mol. The van der Waals surface area contributed by atoms with Gasteiger partial charge in [0.25, 0.3) is 0 Å². The zero-order valence-corrected chi connectivity index (χ0v) is 27.0. The van der Waals surface area contributed by atoms with Crippen molar-refractivity contribution in [3.8, 4) is 0 Å². The third-order valence-corrected chi connectivity index (χ3v) is 10.1. The zero-order valence-electron chi connectivity index (χ0n) is 27.0. The van der Waals surface area contributed by atoms with Gasteiger partial charge in [0.15, 0.2) is 23.1 Å². The predicted molar refractivity (Wildman–Crippen MR) is 197 cm³/mol. The quantitative estimate of drug-likeness (QED) is 0.139. The predicted octanol–water partition coefficient (Wildman–Crippen LogP) is 9.89. The first-order valence-corrected chi connectivity index (χ1v) is 16.7. The molecule has 1 aromatic heterocycles. The highest BCUT2D eigenvalue weighted by Crippen LogP contribution is 2.46. The molecule has 0 radical (unpaired) electrons. The third-order valence-electron chi connectivity index (χ3n) is 10.1. The molecule has 7 aromatic rings. The van der Waals surface area contributed by atoms with Crippen LogP contribution in [0.4, 0.5) is 17.3 Å². The van der Waals surface area contributed by atoms with E-state index in [2.05, 4.69) is 0 Å². The summed E-state index contributed by atoms with van der Waals surface area (Å²) in [5.41, 5.74) is 6.20. The SMILES string of the molecule is O=C1C(=Cc2ccc3c(c2)Cc2cc(C=C4C(=O)c5cc6ccccc6cc5C4=O)oc2N3c2ccccc2)C(=O)c2cc3ccccc3cc21. The first kappa shape index (κ1) is 29.0. The van der Waals surface area contributed by atoms with Crippen molar-refractivity contribution < 1.29 is 23.6 Å². The summed E-state index contributed by atoms with van der Waals surface area (Å²) in [5.74, 6) is -0.186. The van der Waals surface area contributed by atoms with E-state index in [-0.39, 0.29) is 34.3 Å². The normalized spacial score (nSPS) is 14.6. The molecule has 0 saturated heterocycles. The highest BCUT2D eigenvalue weighted by atomic mass is 16.4. The van der Waals surface area contributed by atoms with Gasteiger partial charge in [0.05, 0.1) is 16.8 Å². The molecule has 0 bridgehead atoms. The molecule has 3 aliphatic rings. The van der Waals surface area contributed by atoms with E-state index >= 15 is 0 Å². The lowest BCUT2D eigenvalue weighted by Gasteiger charge is -2.30. The van der Waals surface area contributed by atoms with Gasteiger partial charge >= 0.3 is 0 Å². The molecule has 0 atom stereocenters. The van der Waals surface area contributed by atoms with Gasteiger partial charge in [0.2, 0.25) is 5.88 Å². The van der Waals surface area contributed by atoms with Crippen LogP contribution < -0.4 is 4.90 Å². The van der Waals surface area contributed by atoms with Crippen LogP contribution >= 0.6 is 0 Å². The van der Waals surface area contributed by atoms with Crippen molar-refractivity contribution in [1.29, 1.82) is 0 Å². The summed E-state index contributed by atoms with van der Waals surface area (Å²) in [6, 6.07) is 40.1. The van der Waals surface area contributed by atoms with Gasteiger partial charge in [-0.3, -0.25) is 24.1 Å². The largest absolute Gasteiger partial charge is 0.440 e. The number of allylic oxidation sites excluding steroid dienone is 2. The highest BCUT2D eigenvalue weighted by molar-refractivity contribution is 6.42. The number of fused-ring (bicyclic) bond motifs is 6. The molecule has 6 nitrogen and oxygen atoms in total. The van der Waals surface area contributed by atoms with E-state index in [1.165, 1.54) is 0 Å². The molecule has 10 rings (SSSR count). The molecular weight excluding hydrogens is 634 g/mol. The van der Waals surface area contributed by atoms with Gasteiger partial charge in [-0.15, -0.1) is 0 Å². The lowest BCUT2D eigenvalue weighted by molar-refractivity contribution is 0.0975. The number of rotatable bonds is 3. The molecule has 0 saturated carbocycles. The summed E-state index contributed by atoms with van der Waals surface area (Å²) in [5, 5.41) is 3.63. The maximum absolute atomic E-state index is 13.5. The Morgan fingerprint density at radius 3 is 1.51 bits per heavy atom. The zero-order chi connectivity index (χ0) is 34.4. The molecule has 240 valence electrons. The number of hydrogen-bond acceptors (Lipinski definition) is 6. The van der Waals surface area contributed by atoms with Gasteiger partial charge in [-0.25, -0.2) is 0 Å². The maximum Gasteiger partial charge on any atom is 0.208 e. The fraction of sp³-hybridized carbons (Fsp3) is 0.0222. The second kappa shape index (κ2) is 10.8. The second-order valence-corrected chi connectivity index (χ2v) is 13.1. The fourth-order valence-corrected chi connectivity index (χ4v) is 7.62. The van der Waals surface area contributed by atoms with Crippen molar-refractivity contribution in [2.75, 3.05) is 4.90 Å². The van der Waals surface area contributed by atoms with Crippen LogP contribution in [0.1, 0.15) is 63.9 Å². The van der Waals surface area contributed by atoms with Gasteiger partial charge in [0.1, 0.15) is 5.76 Å². The third kappa shape index (κ3) is 4.43. The topological polar surface area (TPSA) is 84.7 Å². The Bertz CT molecular complexity index is 2690. The van der Waals surface area contributed by atoms with Crippen molar-refractivity contribution in [3.63, 3.8) is 0 Å². The molecule has 0 amide bonds. The van der Waals surface area contributed by atoms with E-state index < -0.39 is 0 Å². The Balaban J connectivity index is 1.03. The van der Waals surface area contributed by atoms with Gasteiger partial charge < -0.3 is 4.42 Å². The minimum atomic E-state index is -0.317. The number of hydrogen-bond donors (Lipinski definition) is 0. The first-order valence-electron chi connectivity index (χ1n) is 16.7. The molecular formula is C45H25NO5. The first-order chi connectivity index (χ1) is 24.9. The number of ketones is 4. The molecule has 2 heterocycles. The van der Waals surface area contributed by atoms with Crippen molar-refractivity contribution in [2.24, 2.45) is 0 Å². The Morgan fingerprint density at radius 2 is 0.980 bits per heavy atom. The number of carbonyl (C=O) groups excluding carboxylic acids is 4. The Morgan fingerprint density at radius 1 is 0.490 bits per heavy atom. The summed E-state index contributed by atoms with van der Waals surface area (Å²) >= 11 is 0. The van der Waals surface area contributed by atoms with E-state index in [1.54, 1.807) is 36.4 Å². The van der Waals surface area contributed by atoms with Crippen LogP contribution in [0.2, 0.25) is 0 Å². The monoisotopic (exact) mass is 659 g/mol. The molecule has 1 aliphatic heterocycles. The van der Waals surface area contributed by atoms with E-state index in [9.17, 15) is 19.2 Å². The second-order valence-electron chi connectivity index (χ2n) is 13.1. The maximum atomic E-state index is 13.5. The van der Waals surface area contributed by atoms with Crippen molar-refractivity contribution in [3.05, 3.63) is 183 Å². The van der Waals surface area contributed by atoms with Crippen LogP contribution in [0.15, 0.2) is 143 Å². The van der Waals surface area contributed by atoms with Crippen LogP contribution in [-0.2, 0) is 6.42 Å². The van der Waals surface area contributed by atoms with Crippen molar-refractivity contribution >= 4 is 74.1 Å². The summed E-state index contributed by atoms with van der Waals surface area (Å²) in [4.78, 5) is 56.1. The molecule has 0 unspecified atom stereocenters. The van der Waals surface area contributed by atoms with Crippen LogP contribution in [0, 0.1) is 0 Å². The number of benzene rings is 6. The average Bonchev–Trinajstić information content (AvgIpc) is 3.74. The number of furan rings is 1. The van der Waals surface area contributed by atoms with Crippen LogP contribution in [-0.4, -0.2) is 23.1 Å². The summed E-state index contributed by atoms with van der Waals surface area (Å²) in [6.45, 7) is 0. The lowest BCUT2D eigenvalue weighted by Crippen LogP contribution is -2.17. The van der Waals surface area contributed by atoms with Gasteiger partial charge in [-0.1, -0.05) is 72.8 Å². The smallest absolute Gasteiger partial charge is 0.208 e. The van der Waals surface area contributed by atoms with E-state index in [1.807, 2.05) is 108 Å². The minimum Gasteiger partial charge on any atom is -0.440 e. The lowest BCUT2D eigenvalue weighted by atomic mass is 9.95. The highest BCUT2D eigenvalue weighted by Gasteiger charge is 2.36. The summed E-state index contributed by atoms with van der Waals surface area (Å²) < 4.78 is 6.44.